The predicted molar refractivity (Wildman–Crippen MR) is 140 cm³/mol. The molecular weight excluding hydrogens is 603 g/mol. The maximum Gasteiger partial charge on any atom is 0.417 e. The lowest BCUT2D eigenvalue weighted by Crippen LogP contribution is -2.01. The number of hydrogen-bond donors (Lipinski definition) is 1. The highest BCUT2D eigenvalue weighted by atomic mass is 35.5. The first-order valence-electron chi connectivity index (χ1n) is 11.0. The van der Waals surface area contributed by atoms with Crippen molar-refractivity contribution in [2.45, 2.75) is 12.4 Å². The molecule has 5 aromatic rings. The molecule has 0 aliphatic carbocycles. The van der Waals surface area contributed by atoms with Crippen molar-refractivity contribution in [1.82, 2.24) is 4.98 Å². The molecule has 0 unspecified atom stereocenters. The van der Waals surface area contributed by atoms with Gasteiger partial charge in [-0.05, 0) is 42.5 Å². The number of rotatable bonds is 4. The van der Waals surface area contributed by atoms with Crippen LogP contribution in [0.15, 0.2) is 83.7 Å². The summed E-state index contributed by atoms with van der Waals surface area (Å²) in [5, 5.41) is 11.7. The van der Waals surface area contributed by atoms with E-state index < -0.39 is 29.3 Å². The summed E-state index contributed by atoms with van der Waals surface area (Å²) < 4.78 is 94.6. The SMILES string of the molecule is Fc1cc(Cl)cnc1Oc1ccccc1-c1cc(C(F)(F)F)cs1.Oc1ccccc1-c1cc(C(F)(F)F)cs1. The number of pyridine rings is 1. The number of para-hydroxylation sites is 2. The van der Waals surface area contributed by atoms with Gasteiger partial charge in [-0.3, -0.25) is 0 Å². The number of aromatic nitrogens is 1. The number of phenols is 1. The zero-order chi connectivity index (χ0) is 29.1. The summed E-state index contributed by atoms with van der Waals surface area (Å²) in [6.07, 6.45) is -7.54. The Morgan fingerprint density at radius 2 is 1.27 bits per heavy atom. The van der Waals surface area contributed by atoms with Gasteiger partial charge in [0.05, 0.1) is 16.1 Å². The second-order valence-corrected chi connectivity index (χ2v) is 10.2. The second-order valence-electron chi connectivity index (χ2n) is 7.95. The standard InChI is InChI=1S/C16H8ClF4NOS.C11H7F3OS/c17-10-6-12(18)15(22-7-10)23-13-4-2-1-3-11(13)14-5-9(8-24-14)16(19,20)21;12-11(13,14)7-5-10(16-6-7)8-3-1-2-4-9(8)15/h1-8H;1-6,15H. The van der Waals surface area contributed by atoms with E-state index in [1.807, 2.05) is 0 Å². The molecule has 0 atom stereocenters. The molecule has 208 valence electrons. The third-order valence-electron chi connectivity index (χ3n) is 5.16. The number of alkyl halides is 6. The quantitative estimate of drug-likeness (QED) is 0.204. The van der Waals surface area contributed by atoms with Crippen LogP contribution < -0.4 is 4.74 Å². The van der Waals surface area contributed by atoms with Crippen LogP contribution in [0.25, 0.3) is 20.9 Å². The molecule has 0 aliphatic heterocycles. The van der Waals surface area contributed by atoms with E-state index in [1.165, 1.54) is 18.3 Å². The molecule has 13 heteroatoms. The zero-order valence-electron chi connectivity index (χ0n) is 19.7. The Bertz CT molecular complexity index is 1610. The van der Waals surface area contributed by atoms with Crippen LogP contribution in [0, 0.1) is 5.82 Å². The number of thiophene rings is 2. The molecule has 0 spiro atoms. The minimum atomic E-state index is -4.42. The van der Waals surface area contributed by atoms with Gasteiger partial charge in [0.1, 0.15) is 11.5 Å². The number of halogens is 8. The molecule has 0 saturated carbocycles. The largest absolute Gasteiger partial charge is 0.507 e. The average molecular weight is 618 g/mol. The molecule has 0 saturated heterocycles. The highest BCUT2D eigenvalue weighted by Crippen LogP contribution is 2.41. The minimum absolute atomic E-state index is 0.0157. The summed E-state index contributed by atoms with van der Waals surface area (Å²) in [5.74, 6) is -0.890. The first-order valence-corrected chi connectivity index (χ1v) is 13.1. The van der Waals surface area contributed by atoms with Crippen molar-refractivity contribution >= 4 is 34.3 Å². The first kappa shape index (κ1) is 29.4. The molecule has 5 rings (SSSR count). The molecule has 1 N–H and O–H groups in total. The Morgan fingerprint density at radius 1 is 0.750 bits per heavy atom. The van der Waals surface area contributed by atoms with Crippen molar-refractivity contribution < 1.29 is 40.6 Å². The van der Waals surface area contributed by atoms with Gasteiger partial charge in [0.25, 0.3) is 5.88 Å². The topological polar surface area (TPSA) is 42.4 Å². The number of benzene rings is 2. The van der Waals surface area contributed by atoms with Crippen LogP contribution in [0.3, 0.4) is 0 Å². The first-order chi connectivity index (χ1) is 18.8. The van der Waals surface area contributed by atoms with Gasteiger partial charge in [0.2, 0.25) is 0 Å². The third kappa shape index (κ3) is 7.12. The number of aromatic hydroxyl groups is 1. The normalized spacial score (nSPS) is 11.6. The van der Waals surface area contributed by atoms with Gasteiger partial charge < -0.3 is 9.84 Å². The van der Waals surface area contributed by atoms with E-state index in [-0.39, 0.29) is 22.4 Å². The van der Waals surface area contributed by atoms with Crippen molar-refractivity contribution in [2.75, 3.05) is 0 Å². The Morgan fingerprint density at radius 3 is 1.80 bits per heavy atom. The molecule has 3 heterocycles. The van der Waals surface area contributed by atoms with Gasteiger partial charge in [0, 0.05) is 37.8 Å². The monoisotopic (exact) mass is 617 g/mol. The van der Waals surface area contributed by atoms with Crippen LogP contribution in [-0.2, 0) is 12.4 Å². The average Bonchev–Trinajstić information content (AvgIpc) is 3.57. The van der Waals surface area contributed by atoms with E-state index >= 15 is 0 Å². The Kier molecular flexibility index (Phi) is 8.71. The summed E-state index contributed by atoms with van der Waals surface area (Å²) in [7, 11) is 0. The van der Waals surface area contributed by atoms with Gasteiger partial charge in [-0.2, -0.15) is 26.3 Å². The van der Waals surface area contributed by atoms with Crippen LogP contribution in [0.5, 0.6) is 17.4 Å². The van der Waals surface area contributed by atoms with Crippen molar-refractivity contribution in [1.29, 1.82) is 0 Å². The molecule has 0 aliphatic rings. The van der Waals surface area contributed by atoms with Crippen molar-refractivity contribution in [3.05, 3.63) is 106 Å². The number of ether oxygens (including phenoxy) is 1. The highest BCUT2D eigenvalue weighted by Gasteiger charge is 2.32. The van der Waals surface area contributed by atoms with Crippen molar-refractivity contribution in [2.24, 2.45) is 0 Å². The summed E-state index contributed by atoms with van der Waals surface area (Å²) in [5.41, 5.74) is -0.596. The number of nitrogens with zero attached hydrogens (tertiary/aromatic N) is 1. The molecule has 2 aromatic carbocycles. The summed E-state index contributed by atoms with van der Waals surface area (Å²) in [6.45, 7) is 0. The molecule has 0 amide bonds. The molecule has 0 fully saturated rings. The molecule has 0 bridgehead atoms. The van der Waals surface area contributed by atoms with Crippen molar-refractivity contribution in [3.63, 3.8) is 0 Å². The maximum atomic E-state index is 13.8. The van der Waals surface area contributed by atoms with Gasteiger partial charge in [-0.15, -0.1) is 22.7 Å². The minimum Gasteiger partial charge on any atom is -0.507 e. The lowest BCUT2D eigenvalue weighted by Gasteiger charge is -2.10. The lowest BCUT2D eigenvalue weighted by atomic mass is 10.1. The molecule has 40 heavy (non-hydrogen) atoms. The van der Waals surface area contributed by atoms with Crippen LogP contribution in [0.1, 0.15) is 11.1 Å². The predicted octanol–water partition coefficient (Wildman–Crippen LogP) is 10.6. The Hall–Kier alpha value is -3.61. The molecular formula is C27H15ClF7NO2S2. The van der Waals surface area contributed by atoms with E-state index in [9.17, 15) is 35.8 Å². The van der Waals surface area contributed by atoms with E-state index in [0.29, 0.717) is 20.9 Å². The van der Waals surface area contributed by atoms with Gasteiger partial charge in [-0.25, -0.2) is 9.37 Å². The van der Waals surface area contributed by atoms with Crippen molar-refractivity contribution in [3.8, 4) is 38.3 Å². The summed E-state index contributed by atoms with van der Waals surface area (Å²) >= 11 is 7.52. The van der Waals surface area contributed by atoms with E-state index in [1.54, 1.807) is 36.4 Å². The summed E-state index contributed by atoms with van der Waals surface area (Å²) in [4.78, 5) is 4.51. The van der Waals surface area contributed by atoms with Crippen LogP contribution in [-0.4, -0.2) is 10.1 Å². The van der Waals surface area contributed by atoms with Crippen LogP contribution in [0.4, 0.5) is 30.7 Å². The Balaban J connectivity index is 0.000000201. The Labute approximate surface area is 235 Å². The maximum absolute atomic E-state index is 13.8. The fourth-order valence-electron chi connectivity index (χ4n) is 3.27. The van der Waals surface area contributed by atoms with E-state index in [4.69, 9.17) is 16.3 Å². The molecule has 0 radical (unpaired) electrons. The van der Waals surface area contributed by atoms with Gasteiger partial charge >= 0.3 is 12.4 Å². The fraction of sp³-hybridized carbons (Fsp3) is 0.0741. The number of phenolic OH excluding ortho intramolecular Hbond substituents is 1. The summed E-state index contributed by atoms with van der Waals surface area (Å²) in [6, 6.07) is 15.8. The van der Waals surface area contributed by atoms with E-state index in [2.05, 4.69) is 4.98 Å². The van der Waals surface area contributed by atoms with Gasteiger partial charge in [-0.1, -0.05) is 35.9 Å². The second kappa shape index (κ2) is 11.9. The lowest BCUT2D eigenvalue weighted by molar-refractivity contribution is -0.138. The fourth-order valence-corrected chi connectivity index (χ4v) is 5.32. The third-order valence-corrected chi connectivity index (χ3v) is 7.29. The van der Waals surface area contributed by atoms with Crippen LogP contribution >= 0.6 is 34.3 Å². The highest BCUT2D eigenvalue weighted by molar-refractivity contribution is 7.14. The van der Waals surface area contributed by atoms with Crippen LogP contribution in [0.2, 0.25) is 5.02 Å². The molecule has 3 aromatic heterocycles. The smallest absolute Gasteiger partial charge is 0.417 e. The van der Waals surface area contributed by atoms with E-state index in [0.717, 1.165) is 51.6 Å². The van der Waals surface area contributed by atoms with Gasteiger partial charge in [0.15, 0.2) is 5.82 Å². The zero-order valence-corrected chi connectivity index (χ0v) is 22.1. The number of hydrogen-bond acceptors (Lipinski definition) is 5. The molecule has 3 nitrogen and oxygen atoms in total.